The Labute approximate surface area is 146 Å². The van der Waals surface area contributed by atoms with Crippen LogP contribution >= 0.6 is 0 Å². The molecule has 6 nitrogen and oxygen atoms in total. The standard InChI is InChI=1S/C19H20N2O4/c1-11-14(20-13(3)22)7-6-8-15(11)21-19(23)18-12(2)24-16-9-4-5-10-17(16)25-18/h4-10,12,18H,1-3H3,(H,20,22)(H,21,23). The predicted molar refractivity (Wildman–Crippen MR) is 95.1 cm³/mol. The Morgan fingerprint density at radius 3 is 2.16 bits per heavy atom. The summed E-state index contributed by atoms with van der Waals surface area (Å²) in [7, 11) is 0. The van der Waals surface area contributed by atoms with Crippen LogP contribution in [0.25, 0.3) is 0 Å². The Kier molecular flexibility index (Phi) is 4.61. The minimum atomic E-state index is -0.765. The number of para-hydroxylation sites is 2. The lowest BCUT2D eigenvalue weighted by Gasteiger charge is -2.31. The second-order valence-corrected chi connectivity index (χ2v) is 5.96. The SMILES string of the molecule is CC(=O)Nc1cccc(NC(=O)C2Oc3ccccc3OC2C)c1C. The highest BCUT2D eigenvalue weighted by molar-refractivity contribution is 5.97. The van der Waals surface area contributed by atoms with E-state index in [1.54, 1.807) is 37.3 Å². The highest BCUT2D eigenvalue weighted by atomic mass is 16.6. The van der Waals surface area contributed by atoms with Crippen LogP contribution in [-0.2, 0) is 9.59 Å². The predicted octanol–water partition coefficient (Wildman–Crippen LogP) is 3.12. The average molecular weight is 340 g/mol. The van der Waals surface area contributed by atoms with Gasteiger partial charge in [0.05, 0.1) is 0 Å². The van der Waals surface area contributed by atoms with Crippen molar-refractivity contribution in [1.29, 1.82) is 0 Å². The van der Waals surface area contributed by atoms with Crippen LogP contribution in [0.2, 0.25) is 0 Å². The van der Waals surface area contributed by atoms with Crippen LogP contribution in [0.4, 0.5) is 11.4 Å². The van der Waals surface area contributed by atoms with Crippen molar-refractivity contribution in [3.8, 4) is 11.5 Å². The van der Waals surface area contributed by atoms with Gasteiger partial charge in [0.1, 0.15) is 6.10 Å². The molecule has 1 heterocycles. The highest BCUT2D eigenvalue weighted by Crippen LogP contribution is 2.34. The van der Waals surface area contributed by atoms with E-state index in [2.05, 4.69) is 10.6 Å². The molecule has 2 aromatic rings. The van der Waals surface area contributed by atoms with Crippen molar-refractivity contribution in [2.75, 3.05) is 10.6 Å². The van der Waals surface area contributed by atoms with Crippen molar-refractivity contribution < 1.29 is 19.1 Å². The molecule has 1 aliphatic heterocycles. The van der Waals surface area contributed by atoms with Crippen molar-refractivity contribution in [2.45, 2.75) is 33.0 Å². The van der Waals surface area contributed by atoms with Crippen LogP contribution in [0.15, 0.2) is 42.5 Å². The second kappa shape index (κ2) is 6.84. The fraction of sp³-hybridized carbons (Fsp3) is 0.263. The Morgan fingerprint density at radius 1 is 0.920 bits per heavy atom. The number of benzene rings is 2. The zero-order valence-corrected chi connectivity index (χ0v) is 14.3. The van der Waals surface area contributed by atoms with Gasteiger partial charge >= 0.3 is 0 Å². The summed E-state index contributed by atoms with van der Waals surface area (Å²) in [6.07, 6.45) is -1.19. The number of ether oxygens (including phenoxy) is 2. The molecule has 1 aliphatic rings. The number of carbonyl (C=O) groups is 2. The lowest BCUT2D eigenvalue weighted by atomic mass is 10.1. The lowest BCUT2D eigenvalue weighted by Crippen LogP contribution is -2.46. The molecule has 3 rings (SSSR count). The minimum Gasteiger partial charge on any atom is -0.482 e. The van der Waals surface area contributed by atoms with E-state index in [0.717, 1.165) is 5.56 Å². The summed E-state index contributed by atoms with van der Waals surface area (Å²) in [6, 6.07) is 12.6. The van der Waals surface area contributed by atoms with E-state index in [1.807, 2.05) is 19.1 Å². The van der Waals surface area contributed by atoms with E-state index in [1.165, 1.54) is 6.92 Å². The van der Waals surface area contributed by atoms with Gasteiger partial charge in [-0.15, -0.1) is 0 Å². The highest BCUT2D eigenvalue weighted by Gasteiger charge is 2.34. The third-order valence-corrected chi connectivity index (χ3v) is 4.00. The smallest absolute Gasteiger partial charge is 0.269 e. The molecule has 2 unspecified atom stereocenters. The van der Waals surface area contributed by atoms with Crippen molar-refractivity contribution in [3.63, 3.8) is 0 Å². The zero-order chi connectivity index (χ0) is 18.0. The summed E-state index contributed by atoms with van der Waals surface area (Å²) in [6.45, 7) is 5.07. The summed E-state index contributed by atoms with van der Waals surface area (Å²) in [4.78, 5) is 23.9. The Hall–Kier alpha value is -3.02. The fourth-order valence-corrected chi connectivity index (χ4v) is 2.71. The summed E-state index contributed by atoms with van der Waals surface area (Å²) in [5.74, 6) is 0.707. The maximum absolute atomic E-state index is 12.7. The van der Waals surface area contributed by atoms with E-state index in [-0.39, 0.29) is 11.8 Å². The third kappa shape index (κ3) is 3.57. The van der Waals surface area contributed by atoms with E-state index in [0.29, 0.717) is 22.9 Å². The summed E-state index contributed by atoms with van der Waals surface area (Å²) < 4.78 is 11.6. The van der Waals surface area contributed by atoms with E-state index < -0.39 is 12.2 Å². The Morgan fingerprint density at radius 2 is 1.52 bits per heavy atom. The number of anilines is 2. The molecule has 0 saturated heterocycles. The van der Waals surface area contributed by atoms with Gasteiger partial charge in [0.2, 0.25) is 12.0 Å². The Bertz CT molecular complexity index is 819. The molecule has 25 heavy (non-hydrogen) atoms. The molecule has 0 bridgehead atoms. The molecule has 6 heteroatoms. The number of fused-ring (bicyclic) bond motifs is 1. The number of hydrogen-bond donors (Lipinski definition) is 2. The average Bonchev–Trinajstić information content (AvgIpc) is 2.57. The topological polar surface area (TPSA) is 76.7 Å². The quantitative estimate of drug-likeness (QED) is 0.900. The van der Waals surface area contributed by atoms with Crippen molar-refractivity contribution in [2.24, 2.45) is 0 Å². The van der Waals surface area contributed by atoms with E-state index in [4.69, 9.17) is 9.47 Å². The fourth-order valence-electron chi connectivity index (χ4n) is 2.71. The summed E-state index contributed by atoms with van der Waals surface area (Å²) in [5.41, 5.74) is 2.05. The van der Waals surface area contributed by atoms with Crippen LogP contribution in [0.3, 0.4) is 0 Å². The molecule has 0 fully saturated rings. The van der Waals surface area contributed by atoms with Gasteiger partial charge in [-0.05, 0) is 43.7 Å². The zero-order valence-electron chi connectivity index (χ0n) is 14.3. The van der Waals surface area contributed by atoms with Crippen LogP contribution in [-0.4, -0.2) is 24.0 Å². The van der Waals surface area contributed by atoms with Gasteiger partial charge in [0.25, 0.3) is 5.91 Å². The molecule has 2 aromatic carbocycles. The summed E-state index contributed by atoms with van der Waals surface area (Å²) in [5, 5.41) is 5.60. The van der Waals surface area contributed by atoms with E-state index >= 15 is 0 Å². The molecule has 130 valence electrons. The number of amides is 2. The van der Waals surface area contributed by atoms with Crippen molar-refractivity contribution in [3.05, 3.63) is 48.0 Å². The van der Waals surface area contributed by atoms with Crippen LogP contribution in [0.5, 0.6) is 11.5 Å². The number of hydrogen-bond acceptors (Lipinski definition) is 4. The molecule has 0 saturated carbocycles. The number of carbonyl (C=O) groups excluding carboxylic acids is 2. The van der Waals surface area contributed by atoms with Gasteiger partial charge in [0, 0.05) is 18.3 Å². The lowest BCUT2D eigenvalue weighted by molar-refractivity contribution is -0.128. The maximum Gasteiger partial charge on any atom is 0.269 e. The summed E-state index contributed by atoms with van der Waals surface area (Å²) >= 11 is 0. The van der Waals surface area contributed by atoms with Crippen LogP contribution < -0.4 is 20.1 Å². The van der Waals surface area contributed by atoms with Gasteiger partial charge in [-0.1, -0.05) is 18.2 Å². The van der Waals surface area contributed by atoms with Gasteiger partial charge in [-0.25, -0.2) is 0 Å². The van der Waals surface area contributed by atoms with Gasteiger partial charge in [-0.3, -0.25) is 9.59 Å². The first kappa shape index (κ1) is 16.8. The largest absolute Gasteiger partial charge is 0.482 e. The van der Waals surface area contributed by atoms with E-state index in [9.17, 15) is 9.59 Å². The van der Waals surface area contributed by atoms with Gasteiger partial charge in [-0.2, -0.15) is 0 Å². The van der Waals surface area contributed by atoms with Crippen LogP contribution in [0, 0.1) is 6.92 Å². The molecule has 2 N–H and O–H groups in total. The first-order valence-electron chi connectivity index (χ1n) is 8.06. The van der Waals surface area contributed by atoms with Crippen LogP contribution in [0.1, 0.15) is 19.4 Å². The molecule has 0 radical (unpaired) electrons. The molecular weight excluding hydrogens is 320 g/mol. The Balaban J connectivity index is 1.78. The van der Waals surface area contributed by atoms with Crippen molar-refractivity contribution in [1.82, 2.24) is 0 Å². The van der Waals surface area contributed by atoms with Gasteiger partial charge in [0.15, 0.2) is 11.5 Å². The molecule has 0 spiro atoms. The minimum absolute atomic E-state index is 0.166. The molecule has 2 amide bonds. The maximum atomic E-state index is 12.7. The second-order valence-electron chi connectivity index (χ2n) is 5.96. The molecule has 2 atom stereocenters. The van der Waals surface area contributed by atoms with Crippen molar-refractivity contribution >= 4 is 23.2 Å². The third-order valence-electron chi connectivity index (χ3n) is 4.00. The molecular formula is C19H20N2O4. The normalized spacial score (nSPS) is 18.4. The molecule has 0 aromatic heterocycles. The first-order valence-corrected chi connectivity index (χ1v) is 8.06. The first-order chi connectivity index (χ1) is 12.0. The number of rotatable bonds is 3. The molecule has 0 aliphatic carbocycles. The van der Waals surface area contributed by atoms with Gasteiger partial charge < -0.3 is 20.1 Å². The monoisotopic (exact) mass is 340 g/mol. The number of nitrogens with one attached hydrogen (secondary N) is 2.